The molecule has 0 amide bonds. The molecule has 1 fully saturated rings. The molecule has 4 heteroatoms. The standard InChI is InChI=1S/C14H19NO2S/c1-14(2,3)11-4-5-13-10(8-11)9-12-6-7-18(16,17)15(12)13/h4-5,8,12H,6-7,9H2,1-3H3. The van der Waals surface area contributed by atoms with E-state index in [0.29, 0.717) is 5.75 Å². The Labute approximate surface area is 109 Å². The van der Waals surface area contributed by atoms with Crippen LogP contribution in [0.4, 0.5) is 5.69 Å². The topological polar surface area (TPSA) is 37.4 Å². The van der Waals surface area contributed by atoms with Crippen LogP contribution in [0.3, 0.4) is 0 Å². The molecule has 0 aliphatic carbocycles. The largest absolute Gasteiger partial charge is 0.267 e. The SMILES string of the molecule is CC(C)(C)c1ccc2c(c1)CC1CCS(=O)(=O)N21. The quantitative estimate of drug-likeness (QED) is 0.722. The molecular weight excluding hydrogens is 246 g/mol. The number of hydrogen-bond donors (Lipinski definition) is 0. The average Bonchev–Trinajstić information content (AvgIpc) is 2.74. The molecule has 1 atom stereocenters. The van der Waals surface area contributed by atoms with Crippen molar-refractivity contribution >= 4 is 15.7 Å². The van der Waals surface area contributed by atoms with E-state index in [9.17, 15) is 8.42 Å². The van der Waals surface area contributed by atoms with E-state index in [0.717, 1.165) is 18.5 Å². The Morgan fingerprint density at radius 3 is 2.67 bits per heavy atom. The van der Waals surface area contributed by atoms with Crippen molar-refractivity contribution in [1.29, 1.82) is 0 Å². The smallest absolute Gasteiger partial charge is 0.235 e. The molecule has 3 rings (SSSR count). The maximum absolute atomic E-state index is 12.0. The average molecular weight is 265 g/mol. The number of nitrogens with zero attached hydrogens (tertiary/aromatic N) is 1. The van der Waals surface area contributed by atoms with Crippen LogP contribution in [0.2, 0.25) is 0 Å². The van der Waals surface area contributed by atoms with Gasteiger partial charge in [0.1, 0.15) is 0 Å². The van der Waals surface area contributed by atoms with Gasteiger partial charge in [0.05, 0.1) is 17.5 Å². The van der Waals surface area contributed by atoms with Crippen LogP contribution < -0.4 is 4.31 Å². The monoisotopic (exact) mass is 265 g/mol. The predicted octanol–water partition coefficient (Wildman–Crippen LogP) is 2.45. The summed E-state index contributed by atoms with van der Waals surface area (Å²) in [5, 5.41) is 0. The van der Waals surface area contributed by atoms with Gasteiger partial charge in [-0.05, 0) is 35.4 Å². The number of sulfonamides is 1. The summed E-state index contributed by atoms with van der Waals surface area (Å²) in [6.45, 7) is 6.55. The first kappa shape index (κ1) is 12.0. The summed E-state index contributed by atoms with van der Waals surface area (Å²) in [6.07, 6.45) is 1.64. The number of fused-ring (bicyclic) bond motifs is 3. The molecule has 2 heterocycles. The molecule has 0 saturated carbocycles. The molecule has 1 aromatic carbocycles. The number of benzene rings is 1. The Kier molecular flexibility index (Phi) is 2.34. The van der Waals surface area contributed by atoms with E-state index in [-0.39, 0.29) is 11.5 Å². The lowest BCUT2D eigenvalue weighted by Gasteiger charge is -2.21. The summed E-state index contributed by atoms with van der Waals surface area (Å²) in [7, 11) is -3.05. The summed E-state index contributed by atoms with van der Waals surface area (Å²) in [6, 6.07) is 6.40. The molecule has 18 heavy (non-hydrogen) atoms. The highest BCUT2D eigenvalue weighted by Gasteiger charge is 2.43. The zero-order valence-electron chi connectivity index (χ0n) is 11.1. The fourth-order valence-electron chi connectivity index (χ4n) is 2.94. The number of rotatable bonds is 0. The second-order valence-corrected chi connectivity index (χ2v) is 8.32. The van der Waals surface area contributed by atoms with Crippen molar-refractivity contribution in [3.05, 3.63) is 29.3 Å². The van der Waals surface area contributed by atoms with Crippen LogP contribution in [-0.2, 0) is 21.9 Å². The molecule has 1 saturated heterocycles. The van der Waals surface area contributed by atoms with Gasteiger partial charge in [-0.1, -0.05) is 32.9 Å². The van der Waals surface area contributed by atoms with E-state index < -0.39 is 10.0 Å². The molecule has 0 spiro atoms. The third-order valence-corrected chi connectivity index (χ3v) is 5.82. The van der Waals surface area contributed by atoms with Crippen molar-refractivity contribution in [1.82, 2.24) is 0 Å². The molecule has 98 valence electrons. The fraction of sp³-hybridized carbons (Fsp3) is 0.571. The van der Waals surface area contributed by atoms with Crippen LogP contribution >= 0.6 is 0 Å². The summed E-state index contributed by atoms with van der Waals surface area (Å²) in [4.78, 5) is 0. The van der Waals surface area contributed by atoms with Crippen LogP contribution in [-0.4, -0.2) is 20.2 Å². The summed E-state index contributed by atoms with van der Waals surface area (Å²) < 4.78 is 25.7. The van der Waals surface area contributed by atoms with Crippen molar-refractivity contribution in [2.45, 2.75) is 45.1 Å². The van der Waals surface area contributed by atoms with Gasteiger partial charge >= 0.3 is 0 Å². The zero-order valence-corrected chi connectivity index (χ0v) is 11.9. The van der Waals surface area contributed by atoms with Crippen LogP contribution in [0, 0.1) is 0 Å². The third-order valence-electron chi connectivity index (χ3n) is 3.98. The van der Waals surface area contributed by atoms with E-state index in [2.05, 4.69) is 32.9 Å². The van der Waals surface area contributed by atoms with Crippen molar-refractivity contribution < 1.29 is 8.42 Å². The van der Waals surface area contributed by atoms with Gasteiger partial charge in [0.2, 0.25) is 10.0 Å². The summed E-state index contributed by atoms with van der Waals surface area (Å²) in [5.74, 6) is 0.304. The second kappa shape index (κ2) is 3.50. The van der Waals surface area contributed by atoms with Gasteiger partial charge in [-0.2, -0.15) is 0 Å². The van der Waals surface area contributed by atoms with Crippen molar-refractivity contribution in [2.75, 3.05) is 10.1 Å². The molecular formula is C14H19NO2S. The van der Waals surface area contributed by atoms with Gasteiger partial charge in [-0.3, -0.25) is 4.31 Å². The summed E-state index contributed by atoms with van der Waals surface area (Å²) >= 11 is 0. The third kappa shape index (κ3) is 1.66. The lowest BCUT2D eigenvalue weighted by molar-refractivity contribution is 0.589. The van der Waals surface area contributed by atoms with Gasteiger partial charge in [0, 0.05) is 0 Å². The molecule has 1 unspecified atom stereocenters. The number of hydrogen-bond acceptors (Lipinski definition) is 2. The first-order valence-corrected chi connectivity index (χ1v) is 8.05. The van der Waals surface area contributed by atoms with Gasteiger partial charge < -0.3 is 0 Å². The Hall–Kier alpha value is -1.03. The highest BCUT2D eigenvalue weighted by atomic mass is 32.2. The molecule has 2 aliphatic heterocycles. The lowest BCUT2D eigenvalue weighted by atomic mass is 9.86. The second-order valence-electron chi connectivity index (χ2n) is 6.35. The Balaban J connectivity index is 2.09. The molecule has 3 nitrogen and oxygen atoms in total. The maximum atomic E-state index is 12.0. The van der Waals surface area contributed by atoms with Crippen LogP contribution in [0.25, 0.3) is 0 Å². The Morgan fingerprint density at radius 2 is 2.00 bits per heavy atom. The molecule has 1 aromatic rings. The van der Waals surface area contributed by atoms with E-state index in [1.165, 1.54) is 11.1 Å². The van der Waals surface area contributed by atoms with E-state index in [1.807, 2.05) is 6.07 Å². The minimum atomic E-state index is -3.05. The maximum Gasteiger partial charge on any atom is 0.235 e. The first-order valence-electron chi connectivity index (χ1n) is 6.44. The Bertz CT molecular complexity index is 599. The van der Waals surface area contributed by atoms with Crippen molar-refractivity contribution in [3.63, 3.8) is 0 Å². The molecule has 0 radical (unpaired) electrons. The van der Waals surface area contributed by atoms with Gasteiger partial charge in [-0.25, -0.2) is 8.42 Å². The fourth-order valence-corrected chi connectivity index (χ4v) is 4.82. The highest BCUT2D eigenvalue weighted by Crippen LogP contribution is 2.41. The van der Waals surface area contributed by atoms with Crippen molar-refractivity contribution in [3.8, 4) is 0 Å². The minimum absolute atomic E-state index is 0.112. The first-order chi connectivity index (χ1) is 8.29. The highest BCUT2D eigenvalue weighted by molar-refractivity contribution is 7.93. The van der Waals surface area contributed by atoms with E-state index in [1.54, 1.807) is 4.31 Å². The minimum Gasteiger partial charge on any atom is -0.267 e. The van der Waals surface area contributed by atoms with E-state index >= 15 is 0 Å². The van der Waals surface area contributed by atoms with Gasteiger partial charge in [0.15, 0.2) is 0 Å². The molecule has 0 N–H and O–H groups in total. The van der Waals surface area contributed by atoms with Crippen LogP contribution in [0.1, 0.15) is 38.3 Å². The van der Waals surface area contributed by atoms with E-state index in [4.69, 9.17) is 0 Å². The van der Waals surface area contributed by atoms with Crippen molar-refractivity contribution in [2.24, 2.45) is 0 Å². The lowest BCUT2D eigenvalue weighted by Crippen LogP contribution is -2.29. The molecule has 0 bridgehead atoms. The zero-order chi connectivity index (χ0) is 13.1. The summed E-state index contributed by atoms with van der Waals surface area (Å²) in [5.41, 5.74) is 3.49. The number of anilines is 1. The van der Waals surface area contributed by atoms with Crippen LogP contribution in [0.15, 0.2) is 18.2 Å². The van der Waals surface area contributed by atoms with Crippen LogP contribution in [0.5, 0.6) is 0 Å². The normalized spacial score (nSPS) is 25.1. The molecule has 2 aliphatic rings. The van der Waals surface area contributed by atoms with Gasteiger partial charge in [-0.15, -0.1) is 0 Å². The predicted molar refractivity (Wildman–Crippen MR) is 73.5 cm³/mol. The van der Waals surface area contributed by atoms with Gasteiger partial charge in [0.25, 0.3) is 0 Å². The Morgan fingerprint density at radius 1 is 1.28 bits per heavy atom. The molecule has 0 aromatic heterocycles.